The fourth-order valence-corrected chi connectivity index (χ4v) is 3.22. The van der Waals surface area contributed by atoms with Crippen LogP contribution in [0.25, 0.3) is 0 Å². The van der Waals surface area contributed by atoms with Crippen molar-refractivity contribution in [3.63, 3.8) is 0 Å². The van der Waals surface area contributed by atoms with E-state index in [1.807, 2.05) is 37.3 Å². The first-order valence-corrected chi connectivity index (χ1v) is 9.70. The lowest BCUT2D eigenvalue weighted by Crippen LogP contribution is -2.30. The Bertz CT molecular complexity index is 701. The Kier molecular flexibility index (Phi) is 7.66. The average molecular weight is 378 g/mol. The van der Waals surface area contributed by atoms with Gasteiger partial charge in [0.25, 0.3) is 5.91 Å². The lowest BCUT2D eigenvalue weighted by molar-refractivity contribution is -0.122. The molecular weight excluding hydrogens is 354 g/mol. The number of amides is 1. The maximum absolute atomic E-state index is 12.0. The molecule has 2 aromatic carbocycles. The summed E-state index contributed by atoms with van der Waals surface area (Å²) in [5, 5.41) is 3.62. The lowest BCUT2D eigenvalue weighted by Gasteiger charge is -2.14. The summed E-state index contributed by atoms with van der Waals surface area (Å²) < 4.78 is 5.74. The smallest absolute Gasteiger partial charge is 0.257 e. The molecule has 3 nitrogen and oxygen atoms in total. The SMILES string of the molecule is Cc1ccc(C(C)C)c(OCC(=O)NCCSc2ccc(Cl)cc2)c1. The summed E-state index contributed by atoms with van der Waals surface area (Å²) in [6, 6.07) is 13.8. The fourth-order valence-electron chi connectivity index (χ4n) is 2.33. The van der Waals surface area contributed by atoms with Crippen molar-refractivity contribution in [3.8, 4) is 5.75 Å². The molecule has 0 saturated carbocycles. The van der Waals surface area contributed by atoms with Crippen molar-refractivity contribution in [1.82, 2.24) is 5.32 Å². The molecule has 0 bridgehead atoms. The molecule has 0 aromatic heterocycles. The van der Waals surface area contributed by atoms with Crippen LogP contribution in [0, 0.1) is 6.92 Å². The van der Waals surface area contributed by atoms with E-state index >= 15 is 0 Å². The molecule has 1 amide bonds. The van der Waals surface area contributed by atoms with Gasteiger partial charge in [-0.05, 0) is 54.3 Å². The first kappa shape index (κ1) is 19.7. The highest BCUT2D eigenvalue weighted by atomic mass is 35.5. The third kappa shape index (κ3) is 6.63. The van der Waals surface area contributed by atoms with Crippen LogP contribution >= 0.6 is 23.4 Å². The van der Waals surface area contributed by atoms with Crippen LogP contribution in [-0.4, -0.2) is 24.8 Å². The van der Waals surface area contributed by atoms with Crippen LogP contribution in [0.5, 0.6) is 5.75 Å². The van der Waals surface area contributed by atoms with Gasteiger partial charge in [-0.1, -0.05) is 37.6 Å². The van der Waals surface area contributed by atoms with Crippen LogP contribution in [0.15, 0.2) is 47.4 Å². The molecule has 2 aromatic rings. The summed E-state index contributed by atoms with van der Waals surface area (Å²) in [6.07, 6.45) is 0. The molecule has 0 atom stereocenters. The Labute approximate surface area is 159 Å². The van der Waals surface area contributed by atoms with Crippen LogP contribution in [0.3, 0.4) is 0 Å². The van der Waals surface area contributed by atoms with E-state index in [0.29, 0.717) is 12.5 Å². The van der Waals surface area contributed by atoms with Gasteiger partial charge < -0.3 is 10.1 Å². The fraction of sp³-hybridized carbons (Fsp3) is 0.350. The number of benzene rings is 2. The highest BCUT2D eigenvalue weighted by Crippen LogP contribution is 2.27. The number of carbonyl (C=O) groups is 1. The Balaban J connectivity index is 1.74. The van der Waals surface area contributed by atoms with E-state index in [2.05, 4.69) is 31.3 Å². The summed E-state index contributed by atoms with van der Waals surface area (Å²) in [5.74, 6) is 1.85. The molecular formula is C20H24ClNO2S. The van der Waals surface area contributed by atoms with Crippen molar-refractivity contribution >= 4 is 29.3 Å². The molecule has 0 aliphatic carbocycles. The second kappa shape index (κ2) is 9.73. The lowest BCUT2D eigenvalue weighted by atomic mass is 10.0. The minimum Gasteiger partial charge on any atom is -0.483 e. The van der Waals surface area contributed by atoms with Crippen molar-refractivity contribution < 1.29 is 9.53 Å². The van der Waals surface area contributed by atoms with Crippen molar-refractivity contribution in [3.05, 3.63) is 58.6 Å². The van der Waals surface area contributed by atoms with E-state index < -0.39 is 0 Å². The van der Waals surface area contributed by atoms with Crippen LogP contribution in [0.1, 0.15) is 30.9 Å². The minimum absolute atomic E-state index is 0.0365. The van der Waals surface area contributed by atoms with E-state index in [4.69, 9.17) is 16.3 Å². The highest BCUT2D eigenvalue weighted by molar-refractivity contribution is 7.99. The van der Waals surface area contributed by atoms with Gasteiger partial charge in [0.15, 0.2) is 6.61 Å². The van der Waals surface area contributed by atoms with Crippen LogP contribution < -0.4 is 10.1 Å². The van der Waals surface area contributed by atoms with Gasteiger partial charge in [0.05, 0.1) is 0 Å². The minimum atomic E-state index is -0.104. The first-order valence-electron chi connectivity index (χ1n) is 8.34. The molecule has 25 heavy (non-hydrogen) atoms. The zero-order chi connectivity index (χ0) is 18.2. The van der Waals surface area contributed by atoms with Gasteiger partial charge in [-0.25, -0.2) is 0 Å². The van der Waals surface area contributed by atoms with Gasteiger partial charge in [0.2, 0.25) is 0 Å². The highest BCUT2D eigenvalue weighted by Gasteiger charge is 2.10. The number of rotatable bonds is 8. The van der Waals surface area contributed by atoms with Crippen molar-refractivity contribution in [1.29, 1.82) is 0 Å². The second-order valence-electron chi connectivity index (χ2n) is 6.14. The predicted molar refractivity (Wildman–Crippen MR) is 106 cm³/mol. The van der Waals surface area contributed by atoms with E-state index in [-0.39, 0.29) is 12.5 Å². The number of halogens is 1. The number of aryl methyl sites for hydroxylation is 1. The van der Waals surface area contributed by atoms with Crippen molar-refractivity contribution in [2.45, 2.75) is 31.6 Å². The molecule has 0 unspecified atom stereocenters. The maximum atomic E-state index is 12.0. The second-order valence-corrected chi connectivity index (χ2v) is 7.74. The largest absolute Gasteiger partial charge is 0.483 e. The number of hydrogen-bond donors (Lipinski definition) is 1. The molecule has 0 spiro atoms. The van der Waals surface area contributed by atoms with Crippen molar-refractivity contribution in [2.24, 2.45) is 0 Å². The number of nitrogens with one attached hydrogen (secondary N) is 1. The third-order valence-electron chi connectivity index (χ3n) is 3.66. The number of ether oxygens (including phenoxy) is 1. The van der Waals surface area contributed by atoms with Crippen LogP contribution in [0.4, 0.5) is 0 Å². The van der Waals surface area contributed by atoms with Gasteiger partial charge >= 0.3 is 0 Å². The molecule has 5 heteroatoms. The molecule has 0 aliphatic rings. The van der Waals surface area contributed by atoms with E-state index in [1.165, 1.54) is 0 Å². The molecule has 0 radical (unpaired) electrons. The van der Waals surface area contributed by atoms with E-state index in [1.54, 1.807) is 11.8 Å². The Hall–Kier alpha value is -1.65. The van der Waals surface area contributed by atoms with Gasteiger partial charge in [0, 0.05) is 22.2 Å². The Morgan fingerprint density at radius 3 is 2.60 bits per heavy atom. The van der Waals surface area contributed by atoms with E-state index in [0.717, 1.165) is 32.5 Å². The zero-order valence-electron chi connectivity index (χ0n) is 14.8. The standard InChI is InChI=1S/C20H24ClNO2S/c1-14(2)18-9-4-15(3)12-19(18)24-13-20(23)22-10-11-25-17-7-5-16(21)6-8-17/h4-9,12,14H,10-11,13H2,1-3H3,(H,22,23). The summed E-state index contributed by atoms with van der Waals surface area (Å²) in [7, 11) is 0. The summed E-state index contributed by atoms with van der Waals surface area (Å²) in [4.78, 5) is 13.1. The third-order valence-corrected chi connectivity index (χ3v) is 4.92. The molecule has 2 rings (SSSR count). The monoisotopic (exact) mass is 377 g/mol. The van der Waals surface area contributed by atoms with Gasteiger partial charge in [-0.15, -0.1) is 11.8 Å². The number of hydrogen-bond acceptors (Lipinski definition) is 3. The maximum Gasteiger partial charge on any atom is 0.257 e. The molecule has 0 heterocycles. The number of thioether (sulfide) groups is 1. The molecule has 0 fully saturated rings. The van der Waals surface area contributed by atoms with Crippen LogP contribution in [-0.2, 0) is 4.79 Å². The predicted octanol–water partition coefficient (Wildman–Crippen LogP) is 5.06. The topological polar surface area (TPSA) is 38.3 Å². The summed E-state index contributed by atoms with van der Waals surface area (Å²) in [5.41, 5.74) is 2.25. The van der Waals surface area contributed by atoms with E-state index in [9.17, 15) is 4.79 Å². The molecule has 0 aliphatic heterocycles. The normalized spacial score (nSPS) is 10.8. The average Bonchev–Trinajstić information content (AvgIpc) is 2.58. The zero-order valence-corrected chi connectivity index (χ0v) is 16.4. The number of carbonyl (C=O) groups excluding carboxylic acids is 1. The van der Waals surface area contributed by atoms with Gasteiger partial charge in [-0.3, -0.25) is 4.79 Å². The summed E-state index contributed by atoms with van der Waals surface area (Å²) in [6.45, 7) is 6.89. The quantitative estimate of drug-likeness (QED) is 0.516. The van der Waals surface area contributed by atoms with Gasteiger partial charge in [0.1, 0.15) is 5.75 Å². The van der Waals surface area contributed by atoms with Crippen LogP contribution in [0.2, 0.25) is 5.02 Å². The Morgan fingerprint density at radius 1 is 1.20 bits per heavy atom. The molecule has 134 valence electrons. The Morgan fingerprint density at radius 2 is 1.92 bits per heavy atom. The van der Waals surface area contributed by atoms with Gasteiger partial charge in [-0.2, -0.15) is 0 Å². The van der Waals surface area contributed by atoms with Crippen molar-refractivity contribution in [2.75, 3.05) is 18.9 Å². The molecule has 1 N–H and O–H groups in total. The molecule has 0 saturated heterocycles. The summed E-state index contributed by atoms with van der Waals surface area (Å²) >= 11 is 7.54. The first-order chi connectivity index (χ1) is 12.0.